The minimum absolute atomic E-state index is 0.145. The summed E-state index contributed by atoms with van der Waals surface area (Å²) in [5.41, 5.74) is 2.68. The molecule has 37 heavy (non-hydrogen) atoms. The van der Waals surface area contributed by atoms with E-state index in [0.29, 0.717) is 40.9 Å². The van der Waals surface area contributed by atoms with E-state index in [-0.39, 0.29) is 24.8 Å². The van der Waals surface area contributed by atoms with Crippen LogP contribution in [-0.2, 0) is 29.0 Å². The van der Waals surface area contributed by atoms with Crippen LogP contribution in [0.15, 0.2) is 66.7 Å². The van der Waals surface area contributed by atoms with E-state index in [1.807, 2.05) is 61.5 Å². The van der Waals surface area contributed by atoms with E-state index in [0.717, 1.165) is 16.7 Å². The molecule has 0 saturated heterocycles. The normalized spacial score (nSPS) is 11.5. The number of nitrogens with one attached hydrogen (secondary N) is 1. The van der Waals surface area contributed by atoms with E-state index in [9.17, 15) is 9.59 Å². The van der Waals surface area contributed by atoms with Gasteiger partial charge in [0.15, 0.2) is 11.5 Å². The predicted octanol–water partition coefficient (Wildman–Crippen LogP) is 5.72. The lowest BCUT2D eigenvalue weighted by molar-refractivity contribution is -0.141. The zero-order valence-corrected chi connectivity index (χ0v) is 22.8. The van der Waals surface area contributed by atoms with Crippen molar-refractivity contribution in [2.75, 3.05) is 20.8 Å². The molecule has 0 spiro atoms. The number of aryl methyl sites for hydroxylation is 1. The number of likely N-dealkylation sites (N-methyl/N-ethyl adjacent to an activating group) is 1. The highest BCUT2D eigenvalue weighted by atomic mass is 35.5. The third-order valence-corrected chi connectivity index (χ3v) is 6.77. The van der Waals surface area contributed by atoms with Crippen LogP contribution in [-0.4, -0.2) is 43.5 Å². The lowest BCUT2D eigenvalue weighted by atomic mass is 10.0. The van der Waals surface area contributed by atoms with Gasteiger partial charge in [0.05, 0.1) is 24.3 Å². The Kier molecular flexibility index (Phi) is 10.7. The van der Waals surface area contributed by atoms with Crippen molar-refractivity contribution in [1.29, 1.82) is 0 Å². The summed E-state index contributed by atoms with van der Waals surface area (Å²) in [4.78, 5) is 28.6. The van der Waals surface area contributed by atoms with Crippen LogP contribution < -0.4 is 14.8 Å². The fourth-order valence-corrected chi connectivity index (χ4v) is 4.43. The van der Waals surface area contributed by atoms with Crippen molar-refractivity contribution < 1.29 is 19.1 Å². The number of methoxy groups -OCH3 is 2. The van der Waals surface area contributed by atoms with Crippen molar-refractivity contribution in [1.82, 2.24) is 10.2 Å². The van der Waals surface area contributed by atoms with Gasteiger partial charge in [-0.25, -0.2) is 0 Å². The molecule has 3 rings (SSSR count). The van der Waals surface area contributed by atoms with Crippen LogP contribution in [0.2, 0.25) is 10.0 Å². The number of rotatable bonds is 12. The molecule has 2 amide bonds. The van der Waals surface area contributed by atoms with Crippen molar-refractivity contribution in [3.63, 3.8) is 0 Å². The second-order valence-electron chi connectivity index (χ2n) is 8.56. The van der Waals surface area contributed by atoms with Crippen molar-refractivity contribution in [2.24, 2.45) is 0 Å². The minimum atomic E-state index is -0.699. The van der Waals surface area contributed by atoms with Gasteiger partial charge in [-0.3, -0.25) is 9.59 Å². The second-order valence-corrected chi connectivity index (χ2v) is 9.37. The Morgan fingerprint density at radius 3 is 2.22 bits per heavy atom. The molecule has 0 bridgehead atoms. The molecule has 1 N–H and O–H groups in total. The van der Waals surface area contributed by atoms with Gasteiger partial charge in [0.25, 0.3) is 0 Å². The monoisotopic (exact) mass is 542 g/mol. The van der Waals surface area contributed by atoms with Gasteiger partial charge in [-0.1, -0.05) is 65.7 Å². The van der Waals surface area contributed by atoms with Crippen LogP contribution >= 0.6 is 23.2 Å². The standard InChI is InChI=1S/C29H32Cl2N2O4/c1-4-32-29(35)25(17-20-8-6-5-7-9-20)33(19-22-10-13-23(30)24(31)16-22)28(34)15-12-21-11-14-26(36-2)27(18-21)37-3/h5-11,13-14,16,18,25H,4,12,15,17,19H2,1-3H3,(H,32,35)/t25-/m0/s1. The maximum absolute atomic E-state index is 13.7. The average molecular weight is 543 g/mol. The van der Waals surface area contributed by atoms with Crippen molar-refractivity contribution >= 4 is 35.0 Å². The number of carbonyl (C=O) groups excluding carboxylic acids is 2. The molecule has 196 valence electrons. The molecule has 0 aliphatic heterocycles. The highest BCUT2D eigenvalue weighted by molar-refractivity contribution is 6.42. The Bertz CT molecular complexity index is 1200. The van der Waals surface area contributed by atoms with Crippen molar-refractivity contribution in [3.05, 3.63) is 93.5 Å². The molecule has 0 radical (unpaired) electrons. The maximum atomic E-state index is 13.7. The first-order valence-corrected chi connectivity index (χ1v) is 12.9. The molecule has 0 unspecified atom stereocenters. The average Bonchev–Trinajstić information content (AvgIpc) is 2.91. The van der Waals surface area contributed by atoms with Gasteiger partial charge in [-0.2, -0.15) is 0 Å². The van der Waals surface area contributed by atoms with E-state index in [2.05, 4.69) is 5.32 Å². The number of halogens is 2. The number of amides is 2. The van der Waals surface area contributed by atoms with Crippen LogP contribution in [0.25, 0.3) is 0 Å². The van der Waals surface area contributed by atoms with Crippen LogP contribution in [0.1, 0.15) is 30.0 Å². The fraction of sp³-hybridized carbons (Fsp3) is 0.310. The number of carbonyl (C=O) groups is 2. The lowest BCUT2D eigenvalue weighted by Crippen LogP contribution is -2.50. The number of ether oxygens (including phenoxy) is 2. The van der Waals surface area contributed by atoms with Gasteiger partial charge >= 0.3 is 0 Å². The van der Waals surface area contributed by atoms with E-state index in [4.69, 9.17) is 32.7 Å². The van der Waals surface area contributed by atoms with Crippen LogP contribution in [0.5, 0.6) is 11.5 Å². The zero-order chi connectivity index (χ0) is 26.8. The largest absolute Gasteiger partial charge is 0.493 e. The Morgan fingerprint density at radius 1 is 0.865 bits per heavy atom. The number of benzene rings is 3. The minimum Gasteiger partial charge on any atom is -0.493 e. The summed E-state index contributed by atoms with van der Waals surface area (Å²) < 4.78 is 10.7. The Hall–Kier alpha value is -3.22. The molecule has 1 atom stereocenters. The second kappa shape index (κ2) is 13.9. The molecule has 3 aromatic rings. The van der Waals surface area contributed by atoms with E-state index < -0.39 is 6.04 Å². The Balaban J connectivity index is 1.90. The summed E-state index contributed by atoms with van der Waals surface area (Å²) in [5.74, 6) is 0.876. The van der Waals surface area contributed by atoms with Crippen LogP contribution in [0, 0.1) is 0 Å². The molecule has 3 aromatic carbocycles. The van der Waals surface area contributed by atoms with Gasteiger partial charge in [0, 0.05) is 25.9 Å². The van der Waals surface area contributed by atoms with Crippen LogP contribution in [0.3, 0.4) is 0 Å². The van der Waals surface area contributed by atoms with E-state index in [1.54, 1.807) is 31.3 Å². The molecule has 6 nitrogen and oxygen atoms in total. The first-order valence-electron chi connectivity index (χ1n) is 12.1. The molecular weight excluding hydrogens is 511 g/mol. The fourth-order valence-electron chi connectivity index (χ4n) is 4.11. The first-order chi connectivity index (χ1) is 17.9. The Morgan fingerprint density at radius 2 is 1.57 bits per heavy atom. The smallest absolute Gasteiger partial charge is 0.243 e. The summed E-state index contributed by atoms with van der Waals surface area (Å²) in [5, 5.41) is 3.73. The molecule has 0 aromatic heterocycles. The van der Waals surface area contributed by atoms with Gasteiger partial charge < -0.3 is 19.7 Å². The Labute approximate surface area is 228 Å². The first kappa shape index (κ1) is 28.4. The number of nitrogens with zero attached hydrogens (tertiary/aromatic N) is 1. The summed E-state index contributed by atoms with van der Waals surface area (Å²) in [6.07, 6.45) is 1.07. The SMILES string of the molecule is CCNC(=O)[C@H](Cc1ccccc1)N(Cc1ccc(Cl)c(Cl)c1)C(=O)CCc1ccc(OC)c(OC)c1. The molecule has 0 aliphatic carbocycles. The molecule has 0 heterocycles. The van der Waals surface area contributed by atoms with Gasteiger partial charge in [-0.15, -0.1) is 0 Å². The third-order valence-electron chi connectivity index (χ3n) is 6.03. The van der Waals surface area contributed by atoms with Gasteiger partial charge in [0.1, 0.15) is 6.04 Å². The topological polar surface area (TPSA) is 67.9 Å². The van der Waals surface area contributed by atoms with Gasteiger partial charge in [0.2, 0.25) is 11.8 Å². The van der Waals surface area contributed by atoms with E-state index >= 15 is 0 Å². The lowest BCUT2D eigenvalue weighted by Gasteiger charge is -2.31. The molecule has 0 aliphatic rings. The summed E-state index contributed by atoms with van der Waals surface area (Å²) in [6, 6.07) is 19.8. The third kappa shape index (κ3) is 7.88. The quantitative estimate of drug-likeness (QED) is 0.317. The number of hydrogen-bond donors (Lipinski definition) is 1. The maximum Gasteiger partial charge on any atom is 0.243 e. The molecule has 8 heteroatoms. The van der Waals surface area contributed by atoms with Crippen molar-refractivity contribution in [3.8, 4) is 11.5 Å². The molecule has 0 saturated carbocycles. The van der Waals surface area contributed by atoms with Crippen molar-refractivity contribution in [2.45, 2.75) is 38.8 Å². The summed E-state index contributed by atoms with van der Waals surface area (Å²) >= 11 is 12.4. The highest BCUT2D eigenvalue weighted by Crippen LogP contribution is 2.28. The van der Waals surface area contributed by atoms with Crippen LogP contribution in [0.4, 0.5) is 0 Å². The summed E-state index contributed by atoms with van der Waals surface area (Å²) in [7, 11) is 3.16. The molecule has 0 fully saturated rings. The highest BCUT2D eigenvalue weighted by Gasteiger charge is 2.30. The van der Waals surface area contributed by atoms with E-state index in [1.165, 1.54) is 0 Å². The zero-order valence-electron chi connectivity index (χ0n) is 21.3. The van der Waals surface area contributed by atoms with Gasteiger partial charge in [-0.05, 0) is 54.3 Å². The predicted molar refractivity (Wildman–Crippen MR) is 147 cm³/mol. The molecular formula is C29H32Cl2N2O4. The summed E-state index contributed by atoms with van der Waals surface area (Å²) in [6.45, 7) is 2.54. The number of hydrogen-bond acceptors (Lipinski definition) is 4.